The molecular formula is C27H21NO6. The number of Topliss-reactive ketones (excluding diaryl/α,β-unsaturated/α-hetero) is 1. The lowest BCUT2D eigenvalue weighted by molar-refractivity contribution is -0.130. The minimum absolute atomic E-state index is 0.0375. The molecule has 0 radical (unpaired) electrons. The fourth-order valence-corrected chi connectivity index (χ4v) is 3.99. The van der Waals surface area contributed by atoms with Crippen LogP contribution in [0.15, 0.2) is 112 Å². The Labute approximate surface area is 195 Å². The second-order valence-electron chi connectivity index (χ2n) is 7.83. The molecule has 0 spiro atoms. The number of hydrogen-bond acceptors (Lipinski definition) is 6. The Balaban J connectivity index is 1.45. The normalized spacial score (nSPS) is 15.7. The van der Waals surface area contributed by atoms with Crippen LogP contribution in [0.25, 0.3) is 0 Å². The average molecular weight is 455 g/mol. The van der Waals surface area contributed by atoms with Crippen molar-refractivity contribution < 1.29 is 28.3 Å². The third-order valence-electron chi connectivity index (χ3n) is 5.64. The summed E-state index contributed by atoms with van der Waals surface area (Å²) < 4.78 is 16.5. The van der Waals surface area contributed by atoms with Gasteiger partial charge in [-0.2, -0.15) is 0 Å². The minimum atomic E-state index is -0.821. The summed E-state index contributed by atoms with van der Waals surface area (Å²) in [5.41, 5.74) is 1.65. The molecule has 1 unspecified atom stereocenters. The molecule has 2 aromatic heterocycles. The van der Waals surface area contributed by atoms with Gasteiger partial charge in [0.05, 0.1) is 30.7 Å². The van der Waals surface area contributed by atoms with Crippen LogP contribution in [-0.4, -0.2) is 21.7 Å². The number of rotatable bonds is 8. The van der Waals surface area contributed by atoms with Crippen molar-refractivity contribution in [2.75, 3.05) is 0 Å². The van der Waals surface area contributed by atoms with Crippen LogP contribution in [0.2, 0.25) is 0 Å². The Hall–Kier alpha value is -4.52. The van der Waals surface area contributed by atoms with Gasteiger partial charge in [0.25, 0.3) is 5.91 Å². The SMILES string of the molecule is O=C(C1=C(O)C(=O)N(Cc2ccco2)C1c1ccc(OCc2ccccc2)cc1)c1ccco1. The van der Waals surface area contributed by atoms with E-state index in [1.807, 2.05) is 30.3 Å². The molecule has 0 fully saturated rings. The van der Waals surface area contributed by atoms with E-state index in [9.17, 15) is 14.7 Å². The van der Waals surface area contributed by atoms with Gasteiger partial charge in [0.2, 0.25) is 5.78 Å². The molecule has 7 nitrogen and oxygen atoms in total. The lowest BCUT2D eigenvalue weighted by Crippen LogP contribution is -2.30. The number of amides is 1. The van der Waals surface area contributed by atoms with Gasteiger partial charge in [-0.05, 0) is 47.5 Å². The van der Waals surface area contributed by atoms with Crippen molar-refractivity contribution in [3.63, 3.8) is 0 Å². The van der Waals surface area contributed by atoms with E-state index in [4.69, 9.17) is 13.6 Å². The van der Waals surface area contributed by atoms with E-state index in [0.717, 1.165) is 5.56 Å². The van der Waals surface area contributed by atoms with Gasteiger partial charge in [0.1, 0.15) is 18.1 Å². The molecule has 0 aliphatic carbocycles. The number of benzene rings is 2. The summed E-state index contributed by atoms with van der Waals surface area (Å²) >= 11 is 0. The molecule has 1 atom stereocenters. The molecule has 1 N–H and O–H groups in total. The van der Waals surface area contributed by atoms with E-state index >= 15 is 0 Å². The Bertz CT molecular complexity index is 1310. The fraction of sp³-hybridized carbons (Fsp3) is 0.111. The molecule has 1 aliphatic rings. The Morgan fingerprint density at radius 3 is 2.32 bits per heavy atom. The summed E-state index contributed by atoms with van der Waals surface area (Å²) in [5, 5.41) is 10.7. The van der Waals surface area contributed by atoms with Crippen LogP contribution in [0.1, 0.15) is 33.5 Å². The Kier molecular flexibility index (Phi) is 5.74. The van der Waals surface area contributed by atoms with E-state index in [-0.39, 0.29) is 17.9 Å². The van der Waals surface area contributed by atoms with Crippen LogP contribution < -0.4 is 4.74 Å². The van der Waals surface area contributed by atoms with Gasteiger partial charge >= 0.3 is 0 Å². The zero-order valence-corrected chi connectivity index (χ0v) is 18.1. The highest BCUT2D eigenvalue weighted by Crippen LogP contribution is 2.40. The molecule has 4 aromatic rings. The predicted octanol–water partition coefficient (Wildman–Crippen LogP) is 5.23. The molecule has 34 heavy (non-hydrogen) atoms. The highest BCUT2D eigenvalue weighted by Gasteiger charge is 2.44. The zero-order valence-electron chi connectivity index (χ0n) is 18.1. The predicted molar refractivity (Wildman–Crippen MR) is 122 cm³/mol. The van der Waals surface area contributed by atoms with E-state index < -0.39 is 23.5 Å². The first kappa shape index (κ1) is 21.3. The van der Waals surface area contributed by atoms with Crippen LogP contribution in [0.5, 0.6) is 5.75 Å². The van der Waals surface area contributed by atoms with Crippen LogP contribution in [0.3, 0.4) is 0 Å². The smallest absolute Gasteiger partial charge is 0.290 e. The average Bonchev–Trinajstić information content (AvgIpc) is 3.63. The molecule has 1 amide bonds. The molecule has 1 aliphatic heterocycles. The maximum absolute atomic E-state index is 13.2. The molecule has 170 valence electrons. The molecule has 7 heteroatoms. The summed E-state index contributed by atoms with van der Waals surface area (Å²) in [5.74, 6) is -0.584. The van der Waals surface area contributed by atoms with Crippen molar-refractivity contribution in [3.8, 4) is 5.75 Å². The van der Waals surface area contributed by atoms with Crippen LogP contribution >= 0.6 is 0 Å². The Morgan fingerprint density at radius 1 is 0.912 bits per heavy atom. The number of aliphatic hydroxyl groups excluding tert-OH is 1. The molecule has 3 heterocycles. The van der Waals surface area contributed by atoms with Gasteiger partial charge in [-0.1, -0.05) is 42.5 Å². The van der Waals surface area contributed by atoms with Gasteiger partial charge in [0, 0.05) is 0 Å². The summed E-state index contributed by atoms with van der Waals surface area (Å²) in [6.45, 7) is 0.497. The van der Waals surface area contributed by atoms with Gasteiger partial charge in [-0.3, -0.25) is 9.59 Å². The first-order valence-corrected chi connectivity index (χ1v) is 10.7. The molecule has 0 bridgehead atoms. The lowest BCUT2D eigenvalue weighted by atomic mass is 9.95. The quantitative estimate of drug-likeness (QED) is 0.366. The summed E-state index contributed by atoms with van der Waals surface area (Å²) in [6.07, 6.45) is 2.88. The molecule has 5 rings (SSSR count). The molecule has 2 aromatic carbocycles. The summed E-state index contributed by atoms with van der Waals surface area (Å²) in [6, 6.07) is 22.6. The summed E-state index contributed by atoms with van der Waals surface area (Å²) in [7, 11) is 0. The van der Waals surface area contributed by atoms with Crippen molar-refractivity contribution in [2.45, 2.75) is 19.2 Å². The minimum Gasteiger partial charge on any atom is -0.503 e. The number of carbonyl (C=O) groups excluding carboxylic acids is 2. The molecular weight excluding hydrogens is 434 g/mol. The topological polar surface area (TPSA) is 93.1 Å². The second kappa shape index (κ2) is 9.15. The maximum atomic E-state index is 13.2. The van der Waals surface area contributed by atoms with Crippen molar-refractivity contribution in [1.82, 2.24) is 4.90 Å². The number of aliphatic hydroxyl groups is 1. The highest BCUT2D eigenvalue weighted by atomic mass is 16.5. The number of carbonyl (C=O) groups is 2. The lowest BCUT2D eigenvalue weighted by Gasteiger charge is -2.26. The van der Waals surface area contributed by atoms with Crippen molar-refractivity contribution in [3.05, 3.63) is 125 Å². The van der Waals surface area contributed by atoms with Gasteiger partial charge in [-0.25, -0.2) is 0 Å². The first-order chi connectivity index (χ1) is 16.6. The van der Waals surface area contributed by atoms with Crippen molar-refractivity contribution in [1.29, 1.82) is 0 Å². The van der Waals surface area contributed by atoms with Crippen LogP contribution in [0, 0.1) is 0 Å². The molecule has 0 saturated heterocycles. The van der Waals surface area contributed by atoms with Gasteiger partial charge < -0.3 is 23.6 Å². The van der Waals surface area contributed by atoms with Gasteiger partial charge in [0.15, 0.2) is 11.5 Å². The van der Waals surface area contributed by atoms with Crippen molar-refractivity contribution >= 4 is 11.7 Å². The monoisotopic (exact) mass is 455 g/mol. The van der Waals surface area contributed by atoms with E-state index in [1.165, 1.54) is 23.5 Å². The Morgan fingerprint density at radius 2 is 1.65 bits per heavy atom. The number of furan rings is 2. The van der Waals surface area contributed by atoms with Crippen LogP contribution in [0.4, 0.5) is 0 Å². The largest absolute Gasteiger partial charge is 0.503 e. The van der Waals surface area contributed by atoms with Gasteiger partial charge in [-0.15, -0.1) is 0 Å². The fourth-order valence-electron chi connectivity index (χ4n) is 3.99. The second-order valence-corrected chi connectivity index (χ2v) is 7.83. The molecule has 0 saturated carbocycles. The summed E-state index contributed by atoms with van der Waals surface area (Å²) in [4.78, 5) is 27.6. The number of nitrogens with zero attached hydrogens (tertiary/aromatic N) is 1. The van der Waals surface area contributed by atoms with Crippen LogP contribution in [-0.2, 0) is 17.9 Å². The highest BCUT2D eigenvalue weighted by molar-refractivity contribution is 6.14. The number of hydrogen-bond donors (Lipinski definition) is 1. The third-order valence-corrected chi connectivity index (χ3v) is 5.64. The first-order valence-electron chi connectivity index (χ1n) is 10.7. The number of ether oxygens (including phenoxy) is 1. The number of ketones is 1. The van der Waals surface area contributed by atoms with Crippen molar-refractivity contribution in [2.24, 2.45) is 0 Å². The maximum Gasteiger partial charge on any atom is 0.290 e. The van der Waals surface area contributed by atoms with E-state index in [0.29, 0.717) is 23.7 Å². The van der Waals surface area contributed by atoms with E-state index in [1.54, 1.807) is 42.5 Å². The van der Waals surface area contributed by atoms with E-state index in [2.05, 4.69) is 0 Å². The zero-order chi connectivity index (χ0) is 23.5. The third kappa shape index (κ3) is 4.11. The standard InChI is InChI=1S/C27H21NO6/c29-25(22-9-5-15-33-22)23-24(28(27(31)26(23)30)16-21-8-4-14-32-21)19-10-12-20(13-11-19)34-17-18-6-2-1-3-7-18/h1-15,24,30H,16-17H2.